The van der Waals surface area contributed by atoms with E-state index in [1.807, 2.05) is 48.7 Å². The predicted molar refractivity (Wildman–Crippen MR) is 102 cm³/mol. The maximum Gasteiger partial charge on any atom is 0.255 e. The lowest BCUT2D eigenvalue weighted by Gasteiger charge is -2.12. The normalized spacial score (nSPS) is 10.3. The summed E-state index contributed by atoms with van der Waals surface area (Å²) in [5, 5.41) is 5.01. The van der Waals surface area contributed by atoms with Crippen molar-refractivity contribution in [2.24, 2.45) is 0 Å². The summed E-state index contributed by atoms with van der Waals surface area (Å²) in [6.07, 6.45) is 0. The molecule has 0 spiro atoms. The molecular formula is C20H19NO3S. The van der Waals surface area contributed by atoms with Crippen molar-refractivity contribution in [2.45, 2.75) is 6.92 Å². The fourth-order valence-corrected chi connectivity index (χ4v) is 3.28. The van der Waals surface area contributed by atoms with Crippen molar-refractivity contribution in [1.82, 2.24) is 0 Å². The van der Waals surface area contributed by atoms with Crippen molar-refractivity contribution < 1.29 is 14.3 Å². The molecule has 1 amide bonds. The first-order valence-corrected chi connectivity index (χ1v) is 8.86. The number of carbonyl (C=O) groups excluding carboxylic acids is 1. The summed E-state index contributed by atoms with van der Waals surface area (Å²) in [7, 11) is 1.56. The first kappa shape index (κ1) is 17.0. The lowest BCUT2D eigenvalue weighted by molar-refractivity contribution is 0.102. The Balaban J connectivity index is 1.86. The SMILES string of the molecule is CCOc1ccc(C(=O)Nc2ccccc2-c2cccs2)cc1OC. The van der Waals surface area contributed by atoms with Crippen molar-refractivity contribution in [3.05, 3.63) is 65.5 Å². The molecule has 1 heterocycles. The van der Waals surface area contributed by atoms with Gasteiger partial charge < -0.3 is 14.8 Å². The van der Waals surface area contributed by atoms with Crippen LogP contribution >= 0.6 is 11.3 Å². The molecule has 25 heavy (non-hydrogen) atoms. The molecule has 3 aromatic rings. The van der Waals surface area contributed by atoms with Crippen molar-refractivity contribution in [1.29, 1.82) is 0 Å². The van der Waals surface area contributed by atoms with Gasteiger partial charge in [-0.15, -0.1) is 11.3 Å². The summed E-state index contributed by atoms with van der Waals surface area (Å²) >= 11 is 1.64. The number of para-hydroxylation sites is 1. The number of amides is 1. The van der Waals surface area contributed by atoms with Gasteiger partial charge in [0.15, 0.2) is 11.5 Å². The van der Waals surface area contributed by atoms with E-state index in [1.54, 1.807) is 36.6 Å². The molecule has 0 aliphatic heterocycles. The number of benzene rings is 2. The van der Waals surface area contributed by atoms with Crippen LogP contribution in [0.15, 0.2) is 60.0 Å². The number of rotatable bonds is 6. The van der Waals surface area contributed by atoms with Crippen LogP contribution in [0.25, 0.3) is 10.4 Å². The standard InChI is InChI=1S/C20H19NO3S/c1-3-24-17-11-10-14(13-18(17)23-2)20(22)21-16-8-5-4-7-15(16)19-9-6-12-25-19/h4-13H,3H2,1-2H3,(H,21,22). The highest BCUT2D eigenvalue weighted by Crippen LogP contribution is 2.32. The van der Waals surface area contributed by atoms with E-state index in [-0.39, 0.29) is 5.91 Å². The van der Waals surface area contributed by atoms with E-state index < -0.39 is 0 Å². The summed E-state index contributed by atoms with van der Waals surface area (Å²) in [5.41, 5.74) is 2.30. The van der Waals surface area contributed by atoms with Gasteiger partial charge in [-0.2, -0.15) is 0 Å². The smallest absolute Gasteiger partial charge is 0.255 e. The van der Waals surface area contributed by atoms with Gasteiger partial charge >= 0.3 is 0 Å². The van der Waals surface area contributed by atoms with Crippen LogP contribution in [0.3, 0.4) is 0 Å². The van der Waals surface area contributed by atoms with Crippen molar-refractivity contribution in [3.8, 4) is 21.9 Å². The van der Waals surface area contributed by atoms with E-state index in [1.165, 1.54) is 0 Å². The number of nitrogens with one attached hydrogen (secondary N) is 1. The van der Waals surface area contributed by atoms with Crippen molar-refractivity contribution in [2.75, 3.05) is 19.0 Å². The molecule has 0 saturated carbocycles. The summed E-state index contributed by atoms with van der Waals surface area (Å²) in [5.74, 6) is 0.979. The summed E-state index contributed by atoms with van der Waals surface area (Å²) in [6, 6.07) is 17.0. The molecule has 0 bridgehead atoms. The number of carbonyl (C=O) groups is 1. The van der Waals surface area contributed by atoms with E-state index in [0.717, 1.165) is 16.1 Å². The van der Waals surface area contributed by atoms with Gasteiger partial charge in [0.1, 0.15) is 0 Å². The predicted octanol–water partition coefficient (Wildman–Crippen LogP) is 5.07. The molecule has 1 N–H and O–H groups in total. The maximum absolute atomic E-state index is 12.7. The molecule has 0 atom stereocenters. The molecule has 0 aliphatic carbocycles. The van der Waals surface area contributed by atoms with Crippen LogP contribution in [0.1, 0.15) is 17.3 Å². The van der Waals surface area contributed by atoms with Gasteiger partial charge in [0.05, 0.1) is 13.7 Å². The largest absolute Gasteiger partial charge is 0.493 e. The monoisotopic (exact) mass is 353 g/mol. The first-order chi connectivity index (χ1) is 12.2. The zero-order chi connectivity index (χ0) is 17.6. The molecule has 2 aromatic carbocycles. The Morgan fingerprint density at radius 3 is 2.64 bits per heavy atom. The molecule has 0 radical (unpaired) electrons. The van der Waals surface area contributed by atoms with Crippen molar-refractivity contribution in [3.63, 3.8) is 0 Å². The molecule has 3 rings (SSSR count). The lowest BCUT2D eigenvalue weighted by atomic mass is 10.1. The highest BCUT2D eigenvalue weighted by molar-refractivity contribution is 7.13. The minimum atomic E-state index is -0.189. The average molecular weight is 353 g/mol. The van der Waals surface area contributed by atoms with E-state index in [2.05, 4.69) is 5.32 Å². The van der Waals surface area contributed by atoms with Gasteiger partial charge in [-0.1, -0.05) is 24.3 Å². The summed E-state index contributed by atoms with van der Waals surface area (Å²) < 4.78 is 10.8. The van der Waals surface area contributed by atoms with E-state index in [4.69, 9.17) is 9.47 Å². The number of methoxy groups -OCH3 is 1. The topological polar surface area (TPSA) is 47.6 Å². The Labute approximate surface area is 151 Å². The Morgan fingerprint density at radius 2 is 1.92 bits per heavy atom. The van der Waals surface area contributed by atoms with E-state index >= 15 is 0 Å². The van der Waals surface area contributed by atoms with Crippen LogP contribution in [0, 0.1) is 0 Å². The van der Waals surface area contributed by atoms with E-state index in [0.29, 0.717) is 23.7 Å². The van der Waals surface area contributed by atoms with Crippen LogP contribution in [0.4, 0.5) is 5.69 Å². The second-order valence-electron chi connectivity index (χ2n) is 5.28. The molecule has 0 aliphatic rings. The lowest BCUT2D eigenvalue weighted by Crippen LogP contribution is -2.12. The average Bonchev–Trinajstić information content (AvgIpc) is 3.17. The van der Waals surface area contributed by atoms with Crippen molar-refractivity contribution >= 4 is 22.9 Å². The highest BCUT2D eigenvalue weighted by atomic mass is 32.1. The molecular weight excluding hydrogens is 334 g/mol. The second kappa shape index (κ2) is 7.85. The fraction of sp³-hybridized carbons (Fsp3) is 0.150. The zero-order valence-corrected chi connectivity index (χ0v) is 14.9. The maximum atomic E-state index is 12.7. The van der Waals surface area contributed by atoms with Crippen LogP contribution in [-0.4, -0.2) is 19.6 Å². The molecule has 0 saturated heterocycles. The number of anilines is 1. The molecule has 1 aromatic heterocycles. The summed E-state index contributed by atoms with van der Waals surface area (Å²) in [6.45, 7) is 2.44. The fourth-order valence-electron chi connectivity index (χ4n) is 2.52. The molecule has 4 nitrogen and oxygen atoms in total. The van der Waals surface area contributed by atoms with Gasteiger partial charge in [0, 0.05) is 21.7 Å². The van der Waals surface area contributed by atoms with Gasteiger partial charge in [0.2, 0.25) is 0 Å². The second-order valence-corrected chi connectivity index (χ2v) is 6.22. The minimum Gasteiger partial charge on any atom is -0.493 e. The number of thiophene rings is 1. The third-order valence-corrected chi connectivity index (χ3v) is 4.59. The Hall–Kier alpha value is -2.79. The first-order valence-electron chi connectivity index (χ1n) is 7.98. The van der Waals surface area contributed by atoms with Gasteiger partial charge in [-0.05, 0) is 42.6 Å². The van der Waals surface area contributed by atoms with Crippen LogP contribution in [0.2, 0.25) is 0 Å². The molecule has 5 heteroatoms. The Morgan fingerprint density at radius 1 is 1.08 bits per heavy atom. The number of ether oxygens (including phenoxy) is 2. The highest BCUT2D eigenvalue weighted by Gasteiger charge is 2.13. The molecule has 128 valence electrons. The minimum absolute atomic E-state index is 0.189. The molecule has 0 fully saturated rings. The van der Waals surface area contributed by atoms with Crippen LogP contribution in [0.5, 0.6) is 11.5 Å². The van der Waals surface area contributed by atoms with Gasteiger partial charge in [0.25, 0.3) is 5.91 Å². The van der Waals surface area contributed by atoms with Gasteiger partial charge in [-0.3, -0.25) is 4.79 Å². The van der Waals surface area contributed by atoms with Crippen LogP contribution < -0.4 is 14.8 Å². The number of hydrogen-bond acceptors (Lipinski definition) is 4. The number of hydrogen-bond donors (Lipinski definition) is 1. The third-order valence-electron chi connectivity index (χ3n) is 3.69. The quantitative estimate of drug-likeness (QED) is 0.673. The summed E-state index contributed by atoms with van der Waals surface area (Å²) in [4.78, 5) is 13.8. The Kier molecular flexibility index (Phi) is 5.36. The Bertz CT molecular complexity index is 859. The molecule has 0 unspecified atom stereocenters. The zero-order valence-electron chi connectivity index (χ0n) is 14.1. The van der Waals surface area contributed by atoms with E-state index in [9.17, 15) is 4.79 Å². The van der Waals surface area contributed by atoms with Crippen LogP contribution in [-0.2, 0) is 0 Å². The van der Waals surface area contributed by atoms with Gasteiger partial charge in [-0.25, -0.2) is 0 Å². The third kappa shape index (κ3) is 3.83.